The Bertz CT molecular complexity index is 1160. The van der Waals surface area contributed by atoms with E-state index < -0.39 is 0 Å². The highest BCUT2D eigenvalue weighted by Crippen LogP contribution is 2.36. The van der Waals surface area contributed by atoms with E-state index in [-0.39, 0.29) is 6.03 Å². The predicted molar refractivity (Wildman–Crippen MR) is 129 cm³/mol. The number of rotatable bonds is 7. The van der Waals surface area contributed by atoms with E-state index in [1.54, 1.807) is 31.3 Å². The van der Waals surface area contributed by atoms with E-state index in [4.69, 9.17) is 4.74 Å². The Morgan fingerprint density at radius 1 is 0.906 bits per heavy atom. The summed E-state index contributed by atoms with van der Waals surface area (Å²) in [7, 11) is 1.67. The molecule has 3 aromatic carbocycles. The van der Waals surface area contributed by atoms with E-state index in [9.17, 15) is 4.79 Å². The summed E-state index contributed by atoms with van der Waals surface area (Å²) >= 11 is 1.69. The first-order valence-electron chi connectivity index (χ1n) is 10.2. The molecule has 32 heavy (non-hydrogen) atoms. The smallest absolute Gasteiger partial charge is 0.319 e. The maximum absolute atomic E-state index is 12.2. The van der Waals surface area contributed by atoms with Gasteiger partial charge in [-0.05, 0) is 71.3 Å². The van der Waals surface area contributed by atoms with Crippen LogP contribution >= 0.6 is 11.8 Å². The third kappa shape index (κ3) is 5.68. The fourth-order valence-corrected chi connectivity index (χ4v) is 4.12. The van der Waals surface area contributed by atoms with Crippen LogP contribution in [0.5, 0.6) is 5.75 Å². The van der Waals surface area contributed by atoms with Gasteiger partial charge in [-0.3, -0.25) is 4.98 Å². The summed E-state index contributed by atoms with van der Waals surface area (Å²) in [6.45, 7) is 0.449. The quantitative estimate of drug-likeness (QED) is 0.357. The summed E-state index contributed by atoms with van der Waals surface area (Å²) in [5.41, 5.74) is 4.04. The number of benzene rings is 3. The van der Waals surface area contributed by atoms with E-state index >= 15 is 0 Å². The molecule has 0 bridgehead atoms. The van der Waals surface area contributed by atoms with E-state index in [0.717, 1.165) is 37.9 Å². The van der Waals surface area contributed by atoms with Gasteiger partial charge in [0.05, 0.1) is 7.11 Å². The number of urea groups is 1. The average Bonchev–Trinajstić information content (AvgIpc) is 2.85. The first-order valence-corrected chi connectivity index (χ1v) is 11.0. The van der Waals surface area contributed by atoms with Crippen molar-refractivity contribution in [2.24, 2.45) is 0 Å². The van der Waals surface area contributed by atoms with Crippen LogP contribution in [0, 0.1) is 0 Å². The van der Waals surface area contributed by atoms with Gasteiger partial charge in [-0.25, -0.2) is 4.79 Å². The minimum atomic E-state index is -0.243. The number of pyridine rings is 1. The van der Waals surface area contributed by atoms with Gasteiger partial charge in [0.25, 0.3) is 0 Å². The van der Waals surface area contributed by atoms with Crippen molar-refractivity contribution in [3.8, 4) is 16.9 Å². The molecule has 0 saturated carbocycles. The first-order chi connectivity index (χ1) is 15.7. The number of hydrogen-bond donors (Lipinski definition) is 2. The number of aromatic nitrogens is 1. The van der Waals surface area contributed by atoms with Crippen molar-refractivity contribution in [2.75, 3.05) is 12.4 Å². The van der Waals surface area contributed by atoms with Crippen molar-refractivity contribution in [1.29, 1.82) is 0 Å². The molecule has 0 atom stereocenters. The number of ether oxygens (including phenoxy) is 1. The molecule has 0 radical (unpaired) electrons. The molecule has 6 heteroatoms. The summed E-state index contributed by atoms with van der Waals surface area (Å²) in [4.78, 5) is 18.4. The average molecular weight is 442 g/mol. The Labute approximate surface area is 191 Å². The summed E-state index contributed by atoms with van der Waals surface area (Å²) in [6.07, 6.45) is 3.41. The van der Waals surface area contributed by atoms with Crippen LogP contribution < -0.4 is 15.4 Å². The van der Waals surface area contributed by atoms with Gasteiger partial charge >= 0.3 is 6.03 Å². The van der Waals surface area contributed by atoms with E-state index in [2.05, 4.69) is 39.9 Å². The van der Waals surface area contributed by atoms with Gasteiger partial charge in [0.15, 0.2) is 0 Å². The molecule has 0 aliphatic carbocycles. The third-order valence-electron chi connectivity index (χ3n) is 4.83. The largest absolute Gasteiger partial charge is 0.497 e. The molecule has 0 aliphatic rings. The van der Waals surface area contributed by atoms with Crippen LogP contribution in [0.1, 0.15) is 5.56 Å². The summed E-state index contributed by atoms with van der Waals surface area (Å²) < 4.78 is 5.27. The Balaban J connectivity index is 1.39. The Hall–Kier alpha value is -3.77. The molecule has 4 rings (SSSR count). The lowest BCUT2D eigenvalue weighted by atomic mass is 10.1. The highest BCUT2D eigenvalue weighted by molar-refractivity contribution is 7.99. The molecule has 0 unspecified atom stereocenters. The fourth-order valence-electron chi connectivity index (χ4n) is 3.16. The van der Waals surface area contributed by atoms with Crippen LogP contribution in [0.15, 0.2) is 107 Å². The monoisotopic (exact) mass is 441 g/mol. The van der Waals surface area contributed by atoms with E-state index in [1.165, 1.54) is 0 Å². The number of amides is 2. The molecule has 1 heterocycles. The van der Waals surface area contributed by atoms with Crippen LogP contribution in [0.2, 0.25) is 0 Å². The molecule has 160 valence electrons. The molecule has 0 fully saturated rings. The maximum Gasteiger partial charge on any atom is 0.319 e. The lowest BCUT2D eigenvalue weighted by molar-refractivity contribution is 0.251. The zero-order valence-electron chi connectivity index (χ0n) is 17.6. The molecular weight excluding hydrogens is 418 g/mol. The number of carbonyl (C=O) groups excluding carboxylic acids is 1. The van der Waals surface area contributed by atoms with Gasteiger partial charge in [0.2, 0.25) is 0 Å². The zero-order chi connectivity index (χ0) is 22.2. The van der Waals surface area contributed by atoms with Gasteiger partial charge in [0, 0.05) is 34.4 Å². The van der Waals surface area contributed by atoms with Crippen molar-refractivity contribution in [2.45, 2.75) is 16.3 Å². The van der Waals surface area contributed by atoms with Crippen LogP contribution in [0.3, 0.4) is 0 Å². The molecule has 5 nitrogen and oxygen atoms in total. The van der Waals surface area contributed by atoms with E-state index in [1.807, 2.05) is 60.7 Å². The predicted octanol–water partition coefficient (Wildman–Crippen LogP) is 6.23. The molecule has 2 amide bonds. The lowest BCUT2D eigenvalue weighted by Gasteiger charge is -2.11. The molecular formula is C26H23N3O2S. The Kier molecular flexibility index (Phi) is 7.05. The number of hydrogen-bond acceptors (Lipinski definition) is 4. The molecule has 2 N–H and O–H groups in total. The second kappa shape index (κ2) is 10.5. The summed E-state index contributed by atoms with van der Waals surface area (Å²) in [5.74, 6) is 0.840. The maximum atomic E-state index is 12.2. The number of carbonyl (C=O) groups is 1. The molecule has 0 spiro atoms. The summed E-state index contributed by atoms with van der Waals surface area (Å²) in [6, 6.07) is 27.7. The molecule has 1 aromatic heterocycles. The van der Waals surface area contributed by atoms with Gasteiger partial charge in [-0.15, -0.1) is 0 Å². The van der Waals surface area contributed by atoms with Crippen molar-refractivity contribution in [1.82, 2.24) is 10.3 Å². The highest BCUT2D eigenvalue weighted by Gasteiger charge is 2.08. The van der Waals surface area contributed by atoms with Gasteiger partial charge in [0.1, 0.15) is 5.75 Å². The van der Waals surface area contributed by atoms with Crippen LogP contribution in [-0.4, -0.2) is 18.1 Å². The van der Waals surface area contributed by atoms with Crippen LogP contribution in [-0.2, 0) is 6.54 Å². The third-order valence-corrected chi connectivity index (χ3v) is 5.91. The minimum Gasteiger partial charge on any atom is -0.497 e. The topological polar surface area (TPSA) is 63.2 Å². The zero-order valence-corrected chi connectivity index (χ0v) is 18.4. The number of methoxy groups -OCH3 is 1. The standard InChI is InChI=1S/C26H23N3O2S/c1-31-22-10-6-20(7-11-22)24-4-2-3-5-25(24)32-23-12-8-21(9-13-23)29-26(30)28-18-19-14-16-27-17-15-19/h2-17H,18H2,1H3,(H2,28,29,30). The van der Waals surface area contributed by atoms with Gasteiger partial charge in [-0.2, -0.15) is 0 Å². The number of anilines is 1. The highest BCUT2D eigenvalue weighted by atomic mass is 32.2. The van der Waals surface area contributed by atoms with Crippen molar-refractivity contribution in [3.63, 3.8) is 0 Å². The molecule has 0 aliphatic heterocycles. The normalized spacial score (nSPS) is 10.4. The lowest BCUT2D eigenvalue weighted by Crippen LogP contribution is -2.28. The second-order valence-corrected chi connectivity index (χ2v) is 8.13. The Morgan fingerprint density at radius 3 is 2.34 bits per heavy atom. The number of nitrogens with one attached hydrogen (secondary N) is 2. The SMILES string of the molecule is COc1ccc(-c2ccccc2Sc2ccc(NC(=O)NCc3ccncc3)cc2)cc1. The van der Waals surface area contributed by atoms with Gasteiger partial charge < -0.3 is 15.4 Å². The van der Waals surface area contributed by atoms with Gasteiger partial charge in [-0.1, -0.05) is 42.1 Å². The molecule has 4 aromatic rings. The van der Waals surface area contributed by atoms with Crippen molar-refractivity contribution >= 4 is 23.5 Å². The fraction of sp³-hybridized carbons (Fsp3) is 0.0769. The van der Waals surface area contributed by atoms with Crippen LogP contribution in [0.25, 0.3) is 11.1 Å². The first kappa shape index (κ1) is 21.5. The number of nitrogens with zero attached hydrogens (tertiary/aromatic N) is 1. The van der Waals surface area contributed by atoms with Crippen molar-refractivity contribution < 1.29 is 9.53 Å². The minimum absolute atomic E-state index is 0.243. The van der Waals surface area contributed by atoms with Crippen LogP contribution in [0.4, 0.5) is 10.5 Å². The van der Waals surface area contributed by atoms with E-state index in [0.29, 0.717) is 6.54 Å². The summed E-state index contributed by atoms with van der Waals surface area (Å²) in [5, 5.41) is 5.71. The van der Waals surface area contributed by atoms with Crippen molar-refractivity contribution in [3.05, 3.63) is 103 Å². The Morgan fingerprint density at radius 2 is 1.62 bits per heavy atom. The second-order valence-electron chi connectivity index (χ2n) is 7.01. The molecule has 0 saturated heterocycles.